The van der Waals surface area contributed by atoms with E-state index in [9.17, 15) is 18.3 Å². The highest BCUT2D eigenvalue weighted by atomic mass is 35.5. The van der Waals surface area contributed by atoms with Crippen LogP contribution in [0.3, 0.4) is 0 Å². The highest BCUT2D eigenvalue weighted by molar-refractivity contribution is 6.32. The van der Waals surface area contributed by atoms with Gasteiger partial charge in [0.25, 0.3) is 6.02 Å². The fourth-order valence-corrected chi connectivity index (χ4v) is 3.18. The Morgan fingerprint density at radius 2 is 2.17 bits per heavy atom. The second kappa shape index (κ2) is 5.83. The van der Waals surface area contributed by atoms with E-state index in [0.717, 1.165) is 0 Å². The van der Waals surface area contributed by atoms with Crippen molar-refractivity contribution in [2.24, 2.45) is 4.99 Å². The van der Waals surface area contributed by atoms with Gasteiger partial charge in [-0.15, -0.1) is 0 Å². The van der Waals surface area contributed by atoms with Crippen LogP contribution in [0.2, 0.25) is 5.02 Å². The monoisotopic (exact) mass is 359 g/mol. The molecule has 0 radical (unpaired) electrons. The van der Waals surface area contributed by atoms with Crippen molar-refractivity contribution in [2.45, 2.75) is 37.8 Å². The van der Waals surface area contributed by atoms with Crippen LogP contribution in [-0.4, -0.2) is 47.0 Å². The summed E-state index contributed by atoms with van der Waals surface area (Å²) in [7, 11) is 0. The first kappa shape index (κ1) is 16.9. The number of ether oxygens (including phenoxy) is 1. The lowest BCUT2D eigenvalue weighted by Crippen LogP contribution is -2.45. The third kappa shape index (κ3) is 2.68. The fourth-order valence-electron chi connectivity index (χ4n) is 2.97. The molecule has 0 saturated carbocycles. The summed E-state index contributed by atoms with van der Waals surface area (Å²) in [4.78, 5) is 5.48. The molecule has 2 saturated heterocycles. The summed E-state index contributed by atoms with van der Waals surface area (Å²) in [6.07, 6.45) is -7.65. The summed E-state index contributed by atoms with van der Waals surface area (Å²) >= 11 is 6.05. The largest absolute Gasteiger partial charge is 0.450 e. The van der Waals surface area contributed by atoms with Crippen LogP contribution in [0.25, 0.3) is 0 Å². The van der Waals surface area contributed by atoms with Gasteiger partial charge in [-0.1, -0.05) is 11.6 Å². The van der Waals surface area contributed by atoms with Gasteiger partial charge in [0.15, 0.2) is 0 Å². The third-order valence-corrected chi connectivity index (χ3v) is 4.71. The van der Waals surface area contributed by atoms with Crippen molar-refractivity contribution < 1.29 is 23.0 Å². The van der Waals surface area contributed by atoms with E-state index >= 15 is 0 Å². The van der Waals surface area contributed by atoms with Crippen LogP contribution in [0.4, 0.5) is 18.9 Å². The Hall–Kier alpha value is -1.98. The van der Waals surface area contributed by atoms with E-state index in [0.29, 0.717) is 11.3 Å². The van der Waals surface area contributed by atoms with Gasteiger partial charge in [-0.25, -0.2) is 0 Å². The zero-order valence-corrected chi connectivity index (χ0v) is 13.3. The van der Waals surface area contributed by atoms with Crippen molar-refractivity contribution in [3.8, 4) is 6.07 Å². The molecule has 3 rings (SSSR count). The standard InChI is InChI=1S/C15H13ClF3N3O2/c1-7-9(3-2-8(6-20)11(7)16)21-14-22-5-4-10(23)12(22)13(24-14)15(17,18)19/h2-3,10,12-13,23H,4-5H2,1H3/t10-,12+,13+/m1/s1. The highest BCUT2D eigenvalue weighted by Crippen LogP contribution is 2.39. The average Bonchev–Trinajstić information content (AvgIpc) is 3.06. The Balaban J connectivity index is 2.00. The van der Waals surface area contributed by atoms with Gasteiger partial charge in [-0.2, -0.15) is 23.4 Å². The third-order valence-electron chi connectivity index (χ3n) is 4.23. The minimum Gasteiger partial charge on any atom is -0.450 e. The smallest absolute Gasteiger partial charge is 0.427 e. The molecule has 1 aromatic rings. The molecular formula is C15H13ClF3N3O2. The molecule has 0 unspecified atom stereocenters. The molecular weight excluding hydrogens is 347 g/mol. The predicted octanol–water partition coefficient (Wildman–Crippen LogP) is 2.90. The Bertz CT molecular complexity index is 745. The molecule has 1 N–H and O–H groups in total. The zero-order valence-electron chi connectivity index (χ0n) is 12.5. The first-order valence-corrected chi connectivity index (χ1v) is 7.58. The van der Waals surface area contributed by atoms with Gasteiger partial charge in [0, 0.05) is 6.54 Å². The lowest BCUT2D eigenvalue weighted by Gasteiger charge is -2.21. The summed E-state index contributed by atoms with van der Waals surface area (Å²) in [5, 5.41) is 19.0. The Morgan fingerprint density at radius 3 is 2.79 bits per heavy atom. The number of amidine groups is 1. The minimum absolute atomic E-state index is 0.192. The Labute approximate surface area is 140 Å². The second-order valence-corrected chi connectivity index (χ2v) is 6.08. The molecule has 3 atom stereocenters. The van der Waals surface area contributed by atoms with Crippen molar-refractivity contribution in [1.82, 2.24) is 4.90 Å². The van der Waals surface area contributed by atoms with E-state index in [-0.39, 0.29) is 29.6 Å². The van der Waals surface area contributed by atoms with Crippen molar-refractivity contribution in [3.63, 3.8) is 0 Å². The number of aliphatic hydroxyl groups excluding tert-OH is 1. The maximum Gasteiger partial charge on any atom is 0.427 e. The second-order valence-electron chi connectivity index (χ2n) is 5.70. The molecule has 0 amide bonds. The van der Waals surface area contributed by atoms with Crippen LogP contribution < -0.4 is 0 Å². The van der Waals surface area contributed by atoms with E-state index in [2.05, 4.69) is 4.99 Å². The molecule has 9 heteroatoms. The maximum atomic E-state index is 13.2. The van der Waals surface area contributed by atoms with Gasteiger partial charge in [0.1, 0.15) is 12.1 Å². The van der Waals surface area contributed by atoms with E-state index in [1.165, 1.54) is 17.0 Å². The summed E-state index contributed by atoms with van der Waals surface area (Å²) in [6.45, 7) is 1.84. The molecule has 0 spiro atoms. The fraction of sp³-hybridized carbons (Fsp3) is 0.467. The van der Waals surface area contributed by atoms with Crippen LogP contribution in [-0.2, 0) is 4.74 Å². The first-order valence-electron chi connectivity index (χ1n) is 7.20. The van der Waals surface area contributed by atoms with Crippen LogP contribution in [0.15, 0.2) is 17.1 Å². The van der Waals surface area contributed by atoms with Gasteiger partial charge in [0.2, 0.25) is 6.10 Å². The van der Waals surface area contributed by atoms with Crippen molar-refractivity contribution in [1.29, 1.82) is 5.26 Å². The van der Waals surface area contributed by atoms with Gasteiger partial charge < -0.3 is 14.7 Å². The van der Waals surface area contributed by atoms with Crippen molar-refractivity contribution in [2.75, 3.05) is 6.54 Å². The number of aliphatic hydroxyl groups is 1. The summed E-state index contributed by atoms with van der Waals surface area (Å²) < 4.78 is 44.5. The summed E-state index contributed by atoms with van der Waals surface area (Å²) in [6, 6.07) is 3.48. The molecule has 2 aliphatic heterocycles. The topological polar surface area (TPSA) is 68.8 Å². The summed E-state index contributed by atoms with van der Waals surface area (Å²) in [5.41, 5.74) is 1.05. The van der Waals surface area contributed by atoms with E-state index in [1.54, 1.807) is 6.92 Å². The average molecular weight is 360 g/mol. The number of nitriles is 1. The molecule has 0 bridgehead atoms. The Morgan fingerprint density at radius 1 is 1.46 bits per heavy atom. The molecule has 5 nitrogen and oxygen atoms in total. The lowest BCUT2D eigenvalue weighted by molar-refractivity contribution is -0.203. The number of hydrogen-bond donors (Lipinski definition) is 1. The predicted molar refractivity (Wildman–Crippen MR) is 80.0 cm³/mol. The van der Waals surface area contributed by atoms with E-state index in [1.807, 2.05) is 6.07 Å². The quantitative estimate of drug-likeness (QED) is 0.837. The number of nitrogens with zero attached hydrogens (tertiary/aromatic N) is 3. The molecule has 2 aliphatic rings. The Kier molecular flexibility index (Phi) is 4.10. The normalized spacial score (nSPS) is 28.0. The van der Waals surface area contributed by atoms with E-state index < -0.39 is 24.4 Å². The highest BCUT2D eigenvalue weighted by Gasteiger charge is 2.59. The van der Waals surface area contributed by atoms with Crippen LogP contribution in [0, 0.1) is 18.3 Å². The number of alkyl halides is 3. The van der Waals surface area contributed by atoms with Gasteiger partial charge in [-0.3, -0.25) is 0 Å². The molecule has 0 aliphatic carbocycles. The van der Waals surface area contributed by atoms with Gasteiger partial charge >= 0.3 is 6.18 Å². The number of rotatable bonds is 1. The number of halogens is 4. The molecule has 2 heterocycles. The number of fused-ring (bicyclic) bond motifs is 1. The molecule has 2 fully saturated rings. The van der Waals surface area contributed by atoms with Crippen LogP contribution in [0.1, 0.15) is 17.5 Å². The zero-order chi connectivity index (χ0) is 17.6. The van der Waals surface area contributed by atoms with E-state index in [4.69, 9.17) is 21.6 Å². The molecule has 128 valence electrons. The maximum absolute atomic E-state index is 13.2. The first-order chi connectivity index (χ1) is 11.2. The van der Waals surface area contributed by atoms with Crippen LogP contribution >= 0.6 is 11.6 Å². The van der Waals surface area contributed by atoms with Crippen molar-refractivity contribution in [3.05, 3.63) is 28.3 Å². The van der Waals surface area contributed by atoms with Crippen molar-refractivity contribution >= 4 is 23.3 Å². The number of benzene rings is 1. The van der Waals surface area contributed by atoms with Crippen LogP contribution in [0.5, 0.6) is 0 Å². The number of aliphatic imine (C=N–C) groups is 1. The van der Waals surface area contributed by atoms with Gasteiger partial charge in [0.05, 0.1) is 22.4 Å². The molecule has 24 heavy (non-hydrogen) atoms. The SMILES string of the molecule is Cc1c(N=C2O[C@H](C(F)(F)F)[C@@H]3[C@H](O)CCN23)ccc(C#N)c1Cl. The molecule has 1 aromatic carbocycles. The lowest BCUT2D eigenvalue weighted by atomic mass is 10.1. The number of hydrogen-bond acceptors (Lipinski definition) is 4. The summed E-state index contributed by atoms with van der Waals surface area (Å²) in [5.74, 6) is 0. The minimum atomic E-state index is -4.61. The van der Waals surface area contributed by atoms with Gasteiger partial charge in [-0.05, 0) is 31.0 Å². The molecule has 0 aromatic heterocycles.